The van der Waals surface area contributed by atoms with Gasteiger partial charge in [0.1, 0.15) is 12.4 Å². The summed E-state index contributed by atoms with van der Waals surface area (Å²) in [6, 6.07) is 22.7. The third-order valence-corrected chi connectivity index (χ3v) is 6.21. The van der Waals surface area contributed by atoms with Crippen molar-refractivity contribution < 1.29 is 18.3 Å². The van der Waals surface area contributed by atoms with Crippen LogP contribution in [0.4, 0.5) is 0 Å². The van der Waals surface area contributed by atoms with Crippen molar-refractivity contribution in [3.8, 4) is 5.75 Å². The monoisotopic (exact) mass is 427 g/mol. The molecule has 150 valence electrons. The lowest BCUT2D eigenvalue weighted by atomic mass is 10.2. The van der Waals surface area contributed by atoms with Crippen molar-refractivity contribution in [2.45, 2.75) is 23.8 Å². The number of hydrogen-bond donors (Lipinski definition) is 2. The lowest BCUT2D eigenvalue weighted by Gasteiger charge is -2.11. The highest BCUT2D eigenvalue weighted by Crippen LogP contribution is 2.23. The summed E-state index contributed by atoms with van der Waals surface area (Å²) >= 11 is 5.17. The molecule has 7 heteroatoms. The van der Waals surface area contributed by atoms with Crippen LogP contribution in [0.5, 0.6) is 5.75 Å². The number of benzene rings is 3. The molecule has 0 radical (unpaired) electrons. The third-order valence-electron chi connectivity index (χ3n) is 4.27. The Labute approximate surface area is 175 Å². The van der Waals surface area contributed by atoms with Crippen molar-refractivity contribution in [3.63, 3.8) is 0 Å². The number of phenols is 1. The molecule has 3 aromatic carbocycles. The molecule has 3 aromatic rings. The van der Waals surface area contributed by atoms with E-state index < -0.39 is 9.84 Å². The van der Waals surface area contributed by atoms with Gasteiger partial charge in [-0.25, -0.2) is 8.42 Å². The van der Waals surface area contributed by atoms with Crippen LogP contribution in [-0.2, 0) is 33.5 Å². The van der Waals surface area contributed by atoms with Crippen LogP contribution in [0.15, 0.2) is 83.8 Å². The van der Waals surface area contributed by atoms with E-state index in [9.17, 15) is 13.5 Å². The second kappa shape index (κ2) is 9.54. The summed E-state index contributed by atoms with van der Waals surface area (Å²) in [6.07, 6.45) is 0. The highest BCUT2D eigenvalue weighted by Gasteiger charge is 2.17. The smallest absolute Gasteiger partial charge is 0.257 e. The molecule has 0 aromatic heterocycles. The van der Waals surface area contributed by atoms with Crippen molar-refractivity contribution in [3.05, 3.63) is 95.6 Å². The quantitative estimate of drug-likeness (QED) is 0.556. The number of ether oxygens (including phenoxy) is 1. The molecule has 29 heavy (non-hydrogen) atoms. The van der Waals surface area contributed by atoms with E-state index in [-0.39, 0.29) is 28.2 Å². The first kappa shape index (κ1) is 20.8. The second-order valence-corrected chi connectivity index (χ2v) is 8.81. The summed E-state index contributed by atoms with van der Waals surface area (Å²) in [4.78, 5) is 0.189. The van der Waals surface area contributed by atoms with Gasteiger partial charge in [-0.3, -0.25) is 0 Å². The summed E-state index contributed by atoms with van der Waals surface area (Å²) in [6.45, 7) is 0.809. The minimum atomic E-state index is -3.56. The van der Waals surface area contributed by atoms with Gasteiger partial charge in [0, 0.05) is 12.1 Å². The number of hydrogen-bond acceptors (Lipinski definition) is 5. The molecule has 0 aliphatic rings. The van der Waals surface area contributed by atoms with Crippen LogP contribution in [0.3, 0.4) is 0 Å². The van der Waals surface area contributed by atoms with Crippen molar-refractivity contribution in [2.24, 2.45) is 0 Å². The number of phenolic OH excluding ortho intramolecular Hbond substituents is 1. The molecule has 2 N–H and O–H groups in total. The lowest BCUT2D eigenvalue weighted by molar-refractivity contribution is 0.286. The van der Waals surface area contributed by atoms with Crippen LogP contribution < -0.4 is 5.32 Å². The molecule has 0 saturated carbocycles. The molecule has 3 rings (SSSR count). The Morgan fingerprint density at radius 3 is 2.24 bits per heavy atom. The summed E-state index contributed by atoms with van der Waals surface area (Å²) in [7, 11) is -3.56. The topological polar surface area (TPSA) is 75.6 Å². The molecular weight excluding hydrogens is 406 g/mol. The van der Waals surface area contributed by atoms with Crippen LogP contribution in [0, 0.1) is 0 Å². The molecule has 0 spiro atoms. The molecule has 0 aliphatic heterocycles. The van der Waals surface area contributed by atoms with Crippen LogP contribution >= 0.6 is 12.2 Å². The number of rotatable bonds is 7. The molecule has 0 atom stereocenters. The summed E-state index contributed by atoms with van der Waals surface area (Å²) in [5, 5.41) is 13.1. The number of thiocarbonyl (C=S) groups is 1. The van der Waals surface area contributed by atoms with Crippen LogP contribution in [-0.4, -0.2) is 18.7 Å². The van der Waals surface area contributed by atoms with Gasteiger partial charge >= 0.3 is 0 Å². The second-order valence-electron chi connectivity index (χ2n) is 6.45. The zero-order chi connectivity index (χ0) is 20.7. The third kappa shape index (κ3) is 6.04. The van der Waals surface area contributed by atoms with Crippen LogP contribution in [0.1, 0.15) is 16.7 Å². The Balaban J connectivity index is 1.54. The molecular formula is C22H21NO4S2. The van der Waals surface area contributed by atoms with E-state index in [0.717, 1.165) is 11.1 Å². The van der Waals surface area contributed by atoms with E-state index in [2.05, 4.69) is 5.32 Å². The van der Waals surface area contributed by atoms with Crippen LogP contribution in [0.2, 0.25) is 0 Å². The van der Waals surface area contributed by atoms with E-state index in [1.807, 2.05) is 30.3 Å². The minimum Gasteiger partial charge on any atom is -0.508 e. The Kier molecular flexibility index (Phi) is 6.85. The van der Waals surface area contributed by atoms with Gasteiger partial charge in [0.15, 0.2) is 9.84 Å². The average molecular weight is 428 g/mol. The van der Waals surface area contributed by atoms with E-state index in [0.29, 0.717) is 12.1 Å². The summed E-state index contributed by atoms with van der Waals surface area (Å²) < 4.78 is 30.7. The van der Waals surface area contributed by atoms with Gasteiger partial charge in [0.05, 0.1) is 10.6 Å². The van der Waals surface area contributed by atoms with E-state index in [4.69, 9.17) is 17.0 Å². The van der Waals surface area contributed by atoms with Gasteiger partial charge < -0.3 is 15.2 Å². The van der Waals surface area contributed by atoms with Crippen molar-refractivity contribution in [1.82, 2.24) is 5.32 Å². The van der Waals surface area contributed by atoms with Gasteiger partial charge in [-0.2, -0.15) is 0 Å². The van der Waals surface area contributed by atoms with Gasteiger partial charge in [-0.1, -0.05) is 60.7 Å². The van der Waals surface area contributed by atoms with Crippen LogP contribution in [0.25, 0.3) is 0 Å². The Morgan fingerprint density at radius 1 is 0.897 bits per heavy atom. The maximum atomic E-state index is 12.6. The molecule has 0 unspecified atom stereocenters. The van der Waals surface area contributed by atoms with Gasteiger partial charge in [-0.05, 0) is 41.5 Å². The maximum Gasteiger partial charge on any atom is 0.257 e. The molecule has 0 fully saturated rings. The number of aromatic hydroxyl groups is 1. The standard InChI is InChI=1S/C22H21NO4S2/c24-21-9-5-4-8-19(21)16-29(25,26)20-12-10-18(11-13-20)15-27-22(28)23-14-17-6-2-1-3-7-17/h1-13,24H,14-16H2,(H,23,28). The normalized spacial score (nSPS) is 11.0. The first-order valence-corrected chi connectivity index (χ1v) is 11.0. The molecule has 0 saturated heterocycles. The molecule has 5 nitrogen and oxygen atoms in total. The highest BCUT2D eigenvalue weighted by molar-refractivity contribution is 7.90. The maximum absolute atomic E-state index is 12.6. The predicted molar refractivity (Wildman–Crippen MR) is 116 cm³/mol. The summed E-state index contributed by atoms with van der Waals surface area (Å²) in [5.41, 5.74) is 2.27. The van der Waals surface area contributed by atoms with Gasteiger partial charge in [-0.15, -0.1) is 0 Å². The van der Waals surface area contributed by atoms with E-state index in [1.165, 1.54) is 18.2 Å². The number of para-hydroxylation sites is 1. The largest absolute Gasteiger partial charge is 0.508 e. The lowest BCUT2D eigenvalue weighted by Crippen LogP contribution is -2.23. The zero-order valence-corrected chi connectivity index (χ0v) is 17.2. The van der Waals surface area contributed by atoms with Gasteiger partial charge in [0.25, 0.3) is 5.17 Å². The fraction of sp³-hybridized carbons (Fsp3) is 0.136. The van der Waals surface area contributed by atoms with Crippen molar-refractivity contribution >= 4 is 27.2 Å². The molecule has 0 heterocycles. The van der Waals surface area contributed by atoms with Gasteiger partial charge in [0.2, 0.25) is 0 Å². The molecule has 0 amide bonds. The Morgan fingerprint density at radius 2 is 1.55 bits per heavy atom. The SMILES string of the molecule is O=S(=O)(Cc1ccccc1O)c1ccc(COC(=S)NCc2ccccc2)cc1. The Bertz CT molecular complexity index is 1070. The first-order valence-electron chi connectivity index (χ1n) is 8.97. The summed E-state index contributed by atoms with van der Waals surface area (Å²) in [5.74, 6) is -0.291. The van der Waals surface area contributed by atoms with E-state index >= 15 is 0 Å². The highest BCUT2D eigenvalue weighted by atomic mass is 32.2. The number of sulfone groups is 1. The van der Waals surface area contributed by atoms with Crippen molar-refractivity contribution in [1.29, 1.82) is 0 Å². The predicted octanol–water partition coefficient (Wildman–Crippen LogP) is 3.96. The molecule has 0 aliphatic carbocycles. The van der Waals surface area contributed by atoms with Crippen molar-refractivity contribution in [2.75, 3.05) is 0 Å². The minimum absolute atomic E-state index is 0.0300. The Hall–Kier alpha value is -2.90. The number of nitrogens with one attached hydrogen (secondary N) is 1. The fourth-order valence-corrected chi connectivity index (χ4v) is 4.19. The molecule has 0 bridgehead atoms. The zero-order valence-electron chi connectivity index (χ0n) is 15.6. The average Bonchev–Trinajstić information content (AvgIpc) is 2.73. The first-order chi connectivity index (χ1) is 13.9. The van der Waals surface area contributed by atoms with E-state index in [1.54, 1.807) is 30.3 Å². The fourth-order valence-electron chi connectivity index (χ4n) is 2.68.